The van der Waals surface area contributed by atoms with Crippen molar-refractivity contribution in [1.29, 1.82) is 0 Å². The standard InChI is InChI=1S/C8H8N2S/c1-5-4-11-8-7(5)3-9-6(2)10-8/h3-4H,1-2H3. The predicted molar refractivity (Wildman–Crippen MR) is 46.9 cm³/mol. The normalized spacial score (nSPS) is 10.7. The number of hydrogen-bond donors (Lipinski definition) is 0. The first-order chi connectivity index (χ1) is 5.27. The number of rotatable bonds is 0. The fraction of sp³-hybridized carbons (Fsp3) is 0.250. The van der Waals surface area contributed by atoms with Gasteiger partial charge in [-0.3, -0.25) is 0 Å². The average molecular weight is 164 g/mol. The second-order valence-electron chi connectivity index (χ2n) is 2.55. The second-order valence-corrected chi connectivity index (χ2v) is 3.41. The van der Waals surface area contributed by atoms with Gasteiger partial charge in [-0.25, -0.2) is 9.97 Å². The van der Waals surface area contributed by atoms with Crippen molar-refractivity contribution in [2.75, 3.05) is 0 Å². The monoisotopic (exact) mass is 164 g/mol. The molecule has 2 nitrogen and oxygen atoms in total. The Morgan fingerprint density at radius 1 is 1.36 bits per heavy atom. The van der Waals surface area contributed by atoms with Gasteiger partial charge in [0.1, 0.15) is 10.7 Å². The van der Waals surface area contributed by atoms with E-state index in [-0.39, 0.29) is 0 Å². The van der Waals surface area contributed by atoms with Gasteiger partial charge >= 0.3 is 0 Å². The second kappa shape index (κ2) is 2.27. The van der Waals surface area contributed by atoms with E-state index in [2.05, 4.69) is 22.3 Å². The van der Waals surface area contributed by atoms with E-state index in [4.69, 9.17) is 0 Å². The third kappa shape index (κ3) is 1.01. The van der Waals surface area contributed by atoms with Crippen molar-refractivity contribution < 1.29 is 0 Å². The third-order valence-corrected chi connectivity index (χ3v) is 2.65. The molecule has 0 saturated carbocycles. The number of hydrogen-bond acceptors (Lipinski definition) is 3. The first-order valence-corrected chi connectivity index (χ1v) is 4.33. The molecule has 0 unspecified atom stereocenters. The van der Waals surface area contributed by atoms with E-state index in [1.54, 1.807) is 11.3 Å². The van der Waals surface area contributed by atoms with Gasteiger partial charge in [0.05, 0.1) is 0 Å². The molecule has 2 rings (SSSR count). The molecule has 0 saturated heterocycles. The molecule has 11 heavy (non-hydrogen) atoms. The van der Waals surface area contributed by atoms with E-state index >= 15 is 0 Å². The van der Waals surface area contributed by atoms with Crippen molar-refractivity contribution in [3.05, 3.63) is 23.0 Å². The molecular formula is C8H8N2S. The summed E-state index contributed by atoms with van der Waals surface area (Å²) in [5.74, 6) is 0.847. The van der Waals surface area contributed by atoms with Crippen molar-refractivity contribution in [3.8, 4) is 0 Å². The minimum Gasteiger partial charge on any atom is -0.241 e. The zero-order chi connectivity index (χ0) is 7.84. The van der Waals surface area contributed by atoms with Gasteiger partial charge in [0.2, 0.25) is 0 Å². The maximum Gasteiger partial charge on any atom is 0.127 e. The number of nitrogens with zero attached hydrogens (tertiary/aromatic N) is 2. The summed E-state index contributed by atoms with van der Waals surface area (Å²) in [6.45, 7) is 3.99. The molecule has 0 aromatic carbocycles. The summed E-state index contributed by atoms with van der Waals surface area (Å²) < 4.78 is 0. The quantitative estimate of drug-likeness (QED) is 0.597. The van der Waals surface area contributed by atoms with Crippen molar-refractivity contribution in [2.45, 2.75) is 13.8 Å². The maximum atomic E-state index is 4.30. The van der Waals surface area contributed by atoms with Crippen LogP contribution in [0.1, 0.15) is 11.4 Å². The lowest BCUT2D eigenvalue weighted by molar-refractivity contribution is 1.10. The summed E-state index contributed by atoms with van der Waals surface area (Å²) in [7, 11) is 0. The molecule has 0 amide bonds. The van der Waals surface area contributed by atoms with Gasteiger partial charge in [0.25, 0.3) is 0 Å². The summed E-state index contributed by atoms with van der Waals surface area (Å²) in [5.41, 5.74) is 1.27. The highest BCUT2D eigenvalue weighted by atomic mass is 32.1. The Bertz CT molecular complexity index is 392. The molecule has 0 bridgehead atoms. The van der Waals surface area contributed by atoms with Crippen molar-refractivity contribution in [1.82, 2.24) is 9.97 Å². The Kier molecular flexibility index (Phi) is 1.39. The fourth-order valence-corrected chi connectivity index (χ4v) is 1.96. The van der Waals surface area contributed by atoms with E-state index in [0.29, 0.717) is 0 Å². The molecule has 2 heterocycles. The molecule has 0 aliphatic carbocycles. The highest BCUT2D eigenvalue weighted by Crippen LogP contribution is 2.21. The summed E-state index contributed by atoms with van der Waals surface area (Å²) in [5, 5.41) is 3.29. The Morgan fingerprint density at radius 3 is 3.00 bits per heavy atom. The molecule has 0 aliphatic rings. The van der Waals surface area contributed by atoms with Crippen LogP contribution in [0.5, 0.6) is 0 Å². The van der Waals surface area contributed by atoms with E-state index < -0.39 is 0 Å². The number of fused-ring (bicyclic) bond motifs is 1. The molecule has 3 heteroatoms. The molecule has 0 fully saturated rings. The molecule has 0 spiro atoms. The lowest BCUT2D eigenvalue weighted by atomic mass is 10.3. The molecule has 0 aliphatic heterocycles. The minimum atomic E-state index is 0.847. The Balaban J connectivity index is 2.86. The van der Waals surface area contributed by atoms with Crippen LogP contribution in [0.3, 0.4) is 0 Å². The van der Waals surface area contributed by atoms with Crippen LogP contribution in [0.4, 0.5) is 0 Å². The Labute approximate surface area is 68.9 Å². The molecule has 0 atom stereocenters. The molecule has 0 radical (unpaired) electrons. The minimum absolute atomic E-state index is 0.847. The smallest absolute Gasteiger partial charge is 0.127 e. The van der Waals surface area contributed by atoms with Crippen LogP contribution in [-0.4, -0.2) is 9.97 Å². The first kappa shape index (κ1) is 6.73. The lowest BCUT2D eigenvalue weighted by Gasteiger charge is -1.90. The third-order valence-electron chi connectivity index (χ3n) is 1.65. The molecule has 0 N–H and O–H groups in total. The topological polar surface area (TPSA) is 25.8 Å². The van der Waals surface area contributed by atoms with Crippen LogP contribution in [-0.2, 0) is 0 Å². The fourth-order valence-electron chi connectivity index (χ4n) is 1.02. The summed E-state index contributed by atoms with van der Waals surface area (Å²) in [6.07, 6.45) is 1.89. The highest BCUT2D eigenvalue weighted by molar-refractivity contribution is 7.16. The van der Waals surface area contributed by atoms with Gasteiger partial charge in [-0.05, 0) is 24.8 Å². The van der Waals surface area contributed by atoms with Crippen molar-refractivity contribution in [2.24, 2.45) is 0 Å². The molecular weight excluding hydrogens is 156 g/mol. The Hall–Kier alpha value is -0.960. The van der Waals surface area contributed by atoms with Crippen LogP contribution in [0.15, 0.2) is 11.6 Å². The van der Waals surface area contributed by atoms with E-state index in [0.717, 1.165) is 10.7 Å². The number of aryl methyl sites for hydroxylation is 2. The van der Waals surface area contributed by atoms with Gasteiger partial charge < -0.3 is 0 Å². The van der Waals surface area contributed by atoms with E-state index in [1.165, 1.54) is 10.9 Å². The summed E-state index contributed by atoms with van der Waals surface area (Å²) in [6, 6.07) is 0. The van der Waals surface area contributed by atoms with E-state index in [9.17, 15) is 0 Å². The van der Waals surface area contributed by atoms with Crippen LogP contribution in [0.2, 0.25) is 0 Å². The van der Waals surface area contributed by atoms with Gasteiger partial charge in [-0.1, -0.05) is 0 Å². The maximum absolute atomic E-state index is 4.30. The van der Waals surface area contributed by atoms with Crippen molar-refractivity contribution >= 4 is 21.6 Å². The largest absolute Gasteiger partial charge is 0.241 e. The van der Waals surface area contributed by atoms with Crippen LogP contribution >= 0.6 is 11.3 Å². The summed E-state index contributed by atoms with van der Waals surface area (Å²) >= 11 is 1.68. The average Bonchev–Trinajstić information content (AvgIpc) is 2.32. The zero-order valence-corrected chi connectivity index (χ0v) is 7.27. The first-order valence-electron chi connectivity index (χ1n) is 3.45. The van der Waals surface area contributed by atoms with Crippen LogP contribution in [0.25, 0.3) is 10.2 Å². The highest BCUT2D eigenvalue weighted by Gasteiger charge is 2.00. The zero-order valence-electron chi connectivity index (χ0n) is 6.46. The van der Waals surface area contributed by atoms with Gasteiger partial charge in [-0.2, -0.15) is 0 Å². The van der Waals surface area contributed by atoms with Crippen LogP contribution in [0, 0.1) is 13.8 Å². The summed E-state index contributed by atoms with van der Waals surface area (Å²) in [4.78, 5) is 9.53. The number of thiophene rings is 1. The SMILES string of the molecule is Cc1ncc2c(C)csc2n1. The number of aromatic nitrogens is 2. The van der Waals surface area contributed by atoms with Crippen molar-refractivity contribution in [3.63, 3.8) is 0 Å². The van der Waals surface area contributed by atoms with Gasteiger partial charge in [0.15, 0.2) is 0 Å². The predicted octanol–water partition coefficient (Wildman–Crippen LogP) is 2.31. The molecule has 2 aromatic rings. The van der Waals surface area contributed by atoms with Gasteiger partial charge in [-0.15, -0.1) is 11.3 Å². The van der Waals surface area contributed by atoms with E-state index in [1.807, 2.05) is 13.1 Å². The van der Waals surface area contributed by atoms with Gasteiger partial charge in [0, 0.05) is 11.6 Å². The molecule has 56 valence electrons. The van der Waals surface area contributed by atoms with Crippen LogP contribution < -0.4 is 0 Å². The lowest BCUT2D eigenvalue weighted by Crippen LogP contribution is -1.84. The Morgan fingerprint density at radius 2 is 2.18 bits per heavy atom. The molecule has 2 aromatic heterocycles.